The Morgan fingerprint density at radius 3 is 2.53 bits per heavy atom. The fourth-order valence-electron chi connectivity index (χ4n) is 3.70. The molecule has 0 amide bonds. The molecule has 30 heavy (non-hydrogen) atoms. The summed E-state index contributed by atoms with van der Waals surface area (Å²) in [6, 6.07) is 12.9. The number of esters is 1. The van der Waals surface area contributed by atoms with Gasteiger partial charge < -0.3 is 14.0 Å². The highest BCUT2D eigenvalue weighted by molar-refractivity contribution is 6.31. The number of ketones is 1. The largest absolute Gasteiger partial charge is 0.465 e. The van der Waals surface area contributed by atoms with Crippen molar-refractivity contribution in [1.29, 1.82) is 0 Å². The normalized spacial score (nSPS) is 11.1. The van der Waals surface area contributed by atoms with Gasteiger partial charge in [0.1, 0.15) is 6.61 Å². The van der Waals surface area contributed by atoms with E-state index in [0.717, 1.165) is 35.0 Å². The van der Waals surface area contributed by atoms with E-state index < -0.39 is 5.97 Å². The summed E-state index contributed by atoms with van der Waals surface area (Å²) in [6.45, 7) is 4.94. The number of aromatic nitrogens is 1. The monoisotopic (exact) mass is 427 g/mol. The predicted molar refractivity (Wildman–Crippen MR) is 119 cm³/mol. The van der Waals surface area contributed by atoms with E-state index in [1.165, 1.54) is 7.11 Å². The Kier molecular flexibility index (Phi) is 7.29. The molecule has 0 aliphatic rings. The van der Waals surface area contributed by atoms with Gasteiger partial charge in [0.2, 0.25) is 0 Å². The van der Waals surface area contributed by atoms with Gasteiger partial charge in [0.25, 0.3) is 0 Å². The van der Waals surface area contributed by atoms with Crippen molar-refractivity contribution >= 4 is 34.3 Å². The minimum absolute atomic E-state index is 0.0250. The van der Waals surface area contributed by atoms with E-state index in [1.807, 2.05) is 37.3 Å². The van der Waals surface area contributed by atoms with Crippen LogP contribution in [0.4, 0.5) is 0 Å². The summed E-state index contributed by atoms with van der Waals surface area (Å²) < 4.78 is 12.4. The fourth-order valence-corrected chi connectivity index (χ4v) is 3.89. The van der Waals surface area contributed by atoms with Gasteiger partial charge in [-0.3, -0.25) is 4.79 Å². The van der Waals surface area contributed by atoms with E-state index in [-0.39, 0.29) is 12.4 Å². The van der Waals surface area contributed by atoms with E-state index >= 15 is 0 Å². The van der Waals surface area contributed by atoms with Crippen LogP contribution >= 0.6 is 11.6 Å². The van der Waals surface area contributed by atoms with Crippen molar-refractivity contribution in [3.8, 4) is 0 Å². The molecule has 1 aromatic heterocycles. The molecule has 0 fully saturated rings. The average Bonchev–Trinajstić information content (AvgIpc) is 3.05. The standard InChI is InChI=1S/C24H26ClNO4/c1-4-8-20-23(22(27)15-30-5-2)18-12-11-16(24(28)29-3)13-21(18)26(20)14-17-9-6-7-10-19(17)25/h6-7,9-13H,4-5,8,14-15H2,1-3H3. The summed E-state index contributed by atoms with van der Waals surface area (Å²) in [5, 5.41) is 1.47. The molecule has 1 heterocycles. The number of hydrogen-bond donors (Lipinski definition) is 0. The highest BCUT2D eigenvalue weighted by atomic mass is 35.5. The summed E-state index contributed by atoms with van der Waals surface area (Å²) in [7, 11) is 1.36. The van der Waals surface area contributed by atoms with Gasteiger partial charge in [-0.1, -0.05) is 49.2 Å². The second-order valence-electron chi connectivity index (χ2n) is 7.03. The van der Waals surface area contributed by atoms with Gasteiger partial charge in [0.15, 0.2) is 5.78 Å². The van der Waals surface area contributed by atoms with Crippen LogP contribution < -0.4 is 0 Å². The molecule has 0 unspecified atom stereocenters. The molecule has 2 aromatic carbocycles. The minimum atomic E-state index is -0.415. The van der Waals surface area contributed by atoms with E-state index in [0.29, 0.717) is 29.3 Å². The van der Waals surface area contributed by atoms with Crippen LogP contribution in [0.15, 0.2) is 42.5 Å². The maximum Gasteiger partial charge on any atom is 0.337 e. The van der Waals surface area contributed by atoms with E-state index in [1.54, 1.807) is 12.1 Å². The van der Waals surface area contributed by atoms with Gasteiger partial charge in [-0.25, -0.2) is 4.79 Å². The molecule has 0 bridgehead atoms. The first-order valence-corrected chi connectivity index (χ1v) is 10.5. The molecule has 0 saturated carbocycles. The van der Waals surface area contributed by atoms with Crippen molar-refractivity contribution in [1.82, 2.24) is 4.57 Å². The van der Waals surface area contributed by atoms with Crippen molar-refractivity contribution in [3.05, 3.63) is 69.9 Å². The third-order valence-electron chi connectivity index (χ3n) is 5.08. The maximum absolute atomic E-state index is 13.1. The first kappa shape index (κ1) is 22.1. The first-order valence-electron chi connectivity index (χ1n) is 10.1. The molecule has 3 aromatic rings. The summed E-state index contributed by atoms with van der Waals surface area (Å²) in [5.74, 6) is -0.476. The number of hydrogen-bond acceptors (Lipinski definition) is 4. The number of halogens is 1. The van der Waals surface area contributed by atoms with Crippen LogP contribution in [0, 0.1) is 0 Å². The van der Waals surface area contributed by atoms with Crippen LogP contribution in [0.5, 0.6) is 0 Å². The zero-order valence-corrected chi connectivity index (χ0v) is 18.3. The third kappa shape index (κ3) is 4.42. The fraction of sp³-hybridized carbons (Fsp3) is 0.333. The molecule has 0 saturated heterocycles. The number of methoxy groups -OCH3 is 1. The van der Waals surface area contributed by atoms with Crippen LogP contribution in [0.25, 0.3) is 10.9 Å². The predicted octanol–water partition coefficient (Wildman–Crippen LogP) is 5.30. The minimum Gasteiger partial charge on any atom is -0.465 e. The summed E-state index contributed by atoms with van der Waals surface area (Å²) in [4.78, 5) is 25.2. The number of fused-ring (bicyclic) bond motifs is 1. The molecule has 0 radical (unpaired) electrons. The molecule has 0 atom stereocenters. The molecular weight excluding hydrogens is 402 g/mol. The van der Waals surface area contributed by atoms with Crippen molar-refractivity contribution in [3.63, 3.8) is 0 Å². The first-order chi connectivity index (χ1) is 14.5. The number of nitrogens with zero attached hydrogens (tertiary/aromatic N) is 1. The number of carbonyl (C=O) groups excluding carboxylic acids is 2. The zero-order chi connectivity index (χ0) is 21.7. The molecule has 0 spiro atoms. The lowest BCUT2D eigenvalue weighted by Crippen LogP contribution is -2.13. The summed E-state index contributed by atoms with van der Waals surface area (Å²) >= 11 is 6.42. The molecule has 0 aliphatic heterocycles. The Morgan fingerprint density at radius 2 is 1.87 bits per heavy atom. The number of Topliss-reactive ketones (excluding diaryl/α,β-unsaturated/α-hetero) is 1. The Bertz CT molecular complexity index is 1070. The Balaban J connectivity index is 2.25. The van der Waals surface area contributed by atoms with Crippen molar-refractivity contribution < 1.29 is 19.1 Å². The lowest BCUT2D eigenvalue weighted by molar-refractivity contribution is 0.0600. The summed E-state index contributed by atoms with van der Waals surface area (Å²) in [5.41, 5.74) is 3.78. The number of benzene rings is 2. The third-order valence-corrected chi connectivity index (χ3v) is 5.45. The second-order valence-corrected chi connectivity index (χ2v) is 7.44. The van der Waals surface area contributed by atoms with E-state index in [2.05, 4.69) is 11.5 Å². The van der Waals surface area contributed by atoms with Gasteiger partial charge >= 0.3 is 5.97 Å². The Morgan fingerprint density at radius 1 is 1.10 bits per heavy atom. The van der Waals surface area contributed by atoms with Crippen LogP contribution in [0.2, 0.25) is 5.02 Å². The lowest BCUT2D eigenvalue weighted by Gasteiger charge is -2.13. The van der Waals surface area contributed by atoms with Gasteiger partial charge in [-0.05, 0) is 37.1 Å². The Hall–Kier alpha value is -2.63. The second kappa shape index (κ2) is 9.92. The van der Waals surface area contributed by atoms with Gasteiger partial charge in [-0.15, -0.1) is 0 Å². The average molecular weight is 428 g/mol. The van der Waals surface area contributed by atoms with Crippen LogP contribution in [-0.4, -0.2) is 36.6 Å². The molecular formula is C24H26ClNO4. The smallest absolute Gasteiger partial charge is 0.337 e. The molecule has 0 aliphatic carbocycles. The number of rotatable bonds is 9. The molecule has 6 heteroatoms. The SMILES string of the molecule is CCCc1c(C(=O)COCC)c2ccc(C(=O)OC)cc2n1Cc1ccccc1Cl. The highest BCUT2D eigenvalue weighted by Gasteiger charge is 2.23. The molecule has 5 nitrogen and oxygen atoms in total. The highest BCUT2D eigenvalue weighted by Crippen LogP contribution is 2.31. The lowest BCUT2D eigenvalue weighted by atomic mass is 10.0. The Labute approximate surface area is 181 Å². The quantitative estimate of drug-likeness (QED) is 0.343. The van der Waals surface area contributed by atoms with Crippen LogP contribution in [0.1, 0.15) is 52.2 Å². The van der Waals surface area contributed by atoms with Crippen molar-refractivity contribution in [2.24, 2.45) is 0 Å². The zero-order valence-electron chi connectivity index (χ0n) is 17.5. The van der Waals surface area contributed by atoms with E-state index in [4.69, 9.17) is 21.1 Å². The maximum atomic E-state index is 13.1. The molecule has 3 rings (SSSR count). The van der Waals surface area contributed by atoms with Crippen LogP contribution in [0.3, 0.4) is 0 Å². The van der Waals surface area contributed by atoms with Gasteiger partial charge in [0, 0.05) is 34.8 Å². The van der Waals surface area contributed by atoms with Crippen LogP contribution in [-0.2, 0) is 22.4 Å². The molecule has 158 valence electrons. The summed E-state index contributed by atoms with van der Waals surface area (Å²) in [6.07, 6.45) is 1.59. The van der Waals surface area contributed by atoms with Gasteiger partial charge in [0.05, 0.1) is 18.2 Å². The van der Waals surface area contributed by atoms with E-state index in [9.17, 15) is 9.59 Å². The number of carbonyl (C=O) groups is 2. The van der Waals surface area contributed by atoms with Crippen molar-refractivity contribution in [2.75, 3.05) is 20.3 Å². The topological polar surface area (TPSA) is 57.5 Å². The number of ether oxygens (including phenoxy) is 2. The molecule has 0 N–H and O–H groups in total. The van der Waals surface area contributed by atoms with Crippen molar-refractivity contribution in [2.45, 2.75) is 33.2 Å². The van der Waals surface area contributed by atoms with Gasteiger partial charge in [-0.2, -0.15) is 0 Å².